The summed E-state index contributed by atoms with van der Waals surface area (Å²) >= 11 is 0. The van der Waals surface area contributed by atoms with Crippen molar-refractivity contribution in [2.45, 2.75) is 37.9 Å². The SMILES string of the molecule is OC1[C@H]2CC=CC[C@H]2C(O)[C@@H]2CC=CC[C@H]12. The lowest BCUT2D eigenvalue weighted by atomic mass is 9.59. The van der Waals surface area contributed by atoms with Gasteiger partial charge in [-0.15, -0.1) is 0 Å². The molecule has 1 saturated carbocycles. The third-order valence-electron chi connectivity index (χ3n) is 4.82. The molecule has 3 aliphatic rings. The Morgan fingerprint density at radius 1 is 0.562 bits per heavy atom. The van der Waals surface area contributed by atoms with Crippen molar-refractivity contribution in [2.75, 3.05) is 0 Å². The van der Waals surface area contributed by atoms with Crippen molar-refractivity contribution >= 4 is 0 Å². The zero-order valence-electron chi connectivity index (χ0n) is 9.50. The van der Waals surface area contributed by atoms with E-state index in [9.17, 15) is 10.2 Å². The van der Waals surface area contributed by atoms with Gasteiger partial charge in [0.2, 0.25) is 0 Å². The Bertz CT molecular complexity index is 261. The van der Waals surface area contributed by atoms with E-state index in [-0.39, 0.29) is 35.9 Å². The predicted molar refractivity (Wildman–Crippen MR) is 62.7 cm³/mol. The van der Waals surface area contributed by atoms with Gasteiger partial charge >= 0.3 is 0 Å². The van der Waals surface area contributed by atoms with Crippen molar-refractivity contribution in [1.82, 2.24) is 0 Å². The monoisotopic (exact) mass is 220 g/mol. The molecule has 0 spiro atoms. The largest absolute Gasteiger partial charge is 0.393 e. The number of fused-ring (bicyclic) bond motifs is 2. The summed E-state index contributed by atoms with van der Waals surface area (Å²) < 4.78 is 0. The van der Waals surface area contributed by atoms with Gasteiger partial charge in [0.1, 0.15) is 0 Å². The molecule has 0 aromatic rings. The van der Waals surface area contributed by atoms with Crippen molar-refractivity contribution in [3.8, 4) is 0 Å². The number of hydrogen-bond donors (Lipinski definition) is 2. The summed E-state index contributed by atoms with van der Waals surface area (Å²) in [5.41, 5.74) is 0. The highest BCUT2D eigenvalue weighted by Crippen LogP contribution is 2.47. The molecule has 0 amide bonds. The second-order valence-corrected chi connectivity index (χ2v) is 5.52. The van der Waals surface area contributed by atoms with Crippen molar-refractivity contribution in [2.24, 2.45) is 23.7 Å². The maximum Gasteiger partial charge on any atom is 0.0609 e. The van der Waals surface area contributed by atoms with Gasteiger partial charge in [-0.1, -0.05) is 24.3 Å². The van der Waals surface area contributed by atoms with Gasteiger partial charge in [0.15, 0.2) is 0 Å². The topological polar surface area (TPSA) is 40.5 Å². The molecule has 0 heterocycles. The molecule has 0 unspecified atom stereocenters. The lowest BCUT2D eigenvalue weighted by Crippen LogP contribution is -2.53. The Labute approximate surface area is 96.7 Å². The zero-order valence-corrected chi connectivity index (χ0v) is 9.50. The lowest BCUT2D eigenvalue weighted by Gasteiger charge is -2.50. The van der Waals surface area contributed by atoms with E-state index < -0.39 is 0 Å². The standard InChI is InChI=1S/C14H20O2/c15-13-9-5-1-2-6-10(9)14(16)12-8-4-3-7-11(12)13/h1-4,9-16H,5-8H2/t9-,10+,11-,12+,13?,14?. The zero-order chi connectivity index (χ0) is 11.1. The smallest absolute Gasteiger partial charge is 0.0609 e. The minimum Gasteiger partial charge on any atom is -0.393 e. The van der Waals surface area contributed by atoms with Gasteiger partial charge in [-0.25, -0.2) is 0 Å². The van der Waals surface area contributed by atoms with E-state index in [0.29, 0.717) is 0 Å². The van der Waals surface area contributed by atoms with Gasteiger partial charge in [0.05, 0.1) is 12.2 Å². The van der Waals surface area contributed by atoms with Crippen LogP contribution in [0.3, 0.4) is 0 Å². The van der Waals surface area contributed by atoms with E-state index in [2.05, 4.69) is 24.3 Å². The van der Waals surface area contributed by atoms with Crippen LogP contribution in [0.4, 0.5) is 0 Å². The molecule has 16 heavy (non-hydrogen) atoms. The first kappa shape index (κ1) is 10.5. The minimum absolute atomic E-state index is 0.215. The normalized spacial score (nSPS) is 50.9. The summed E-state index contributed by atoms with van der Waals surface area (Å²) in [7, 11) is 0. The molecular formula is C14H20O2. The molecule has 0 radical (unpaired) electrons. The summed E-state index contributed by atoms with van der Waals surface area (Å²) in [6, 6.07) is 0. The van der Waals surface area contributed by atoms with Gasteiger partial charge in [0, 0.05) is 0 Å². The van der Waals surface area contributed by atoms with E-state index in [4.69, 9.17) is 0 Å². The van der Waals surface area contributed by atoms with Gasteiger partial charge in [-0.05, 0) is 49.4 Å². The van der Waals surface area contributed by atoms with Crippen LogP contribution in [0.1, 0.15) is 25.7 Å². The molecule has 3 aliphatic carbocycles. The Morgan fingerprint density at radius 2 is 0.812 bits per heavy atom. The van der Waals surface area contributed by atoms with Crippen LogP contribution in [0.15, 0.2) is 24.3 Å². The fourth-order valence-electron chi connectivity index (χ4n) is 3.92. The maximum atomic E-state index is 10.4. The van der Waals surface area contributed by atoms with Crippen molar-refractivity contribution in [3.63, 3.8) is 0 Å². The van der Waals surface area contributed by atoms with Crippen LogP contribution in [0.2, 0.25) is 0 Å². The van der Waals surface area contributed by atoms with E-state index >= 15 is 0 Å². The van der Waals surface area contributed by atoms with E-state index in [1.54, 1.807) is 0 Å². The van der Waals surface area contributed by atoms with Crippen molar-refractivity contribution < 1.29 is 10.2 Å². The molecule has 2 heteroatoms. The molecule has 0 saturated heterocycles. The van der Waals surface area contributed by atoms with Gasteiger partial charge in [-0.3, -0.25) is 0 Å². The number of rotatable bonds is 0. The summed E-state index contributed by atoms with van der Waals surface area (Å²) in [4.78, 5) is 0. The first-order chi connectivity index (χ1) is 7.79. The second kappa shape index (κ2) is 4.01. The lowest BCUT2D eigenvalue weighted by molar-refractivity contribution is -0.119. The second-order valence-electron chi connectivity index (χ2n) is 5.52. The minimum atomic E-state index is -0.215. The molecule has 1 fully saturated rings. The molecule has 0 bridgehead atoms. The number of aliphatic hydroxyl groups is 2. The Kier molecular flexibility index (Phi) is 2.64. The number of aliphatic hydroxyl groups excluding tert-OH is 2. The average Bonchev–Trinajstić information content (AvgIpc) is 2.36. The van der Waals surface area contributed by atoms with Crippen LogP contribution >= 0.6 is 0 Å². The van der Waals surface area contributed by atoms with Crippen molar-refractivity contribution in [3.05, 3.63) is 24.3 Å². The summed E-state index contributed by atoms with van der Waals surface area (Å²) in [6.07, 6.45) is 12.0. The first-order valence-corrected chi connectivity index (χ1v) is 6.45. The fraction of sp³-hybridized carbons (Fsp3) is 0.714. The molecule has 2 nitrogen and oxygen atoms in total. The van der Waals surface area contributed by atoms with E-state index in [0.717, 1.165) is 25.7 Å². The van der Waals surface area contributed by atoms with Crippen LogP contribution in [0.25, 0.3) is 0 Å². The maximum absolute atomic E-state index is 10.4. The van der Waals surface area contributed by atoms with Gasteiger partial charge in [0.25, 0.3) is 0 Å². The quantitative estimate of drug-likeness (QED) is 0.612. The number of hydrogen-bond acceptors (Lipinski definition) is 2. The third kappa shape index (κ3) is 1.47. The van der Waals surface area contributed by atoms with Crippen LogP contribution < -0.4 is 0 Å². The molecule has 88 valence electrons. The van der Waals surface area contributed by atoms with E-state index in [1.807, 2.05) is 0 Å². The van der Waals surface area contributed by atoms with Crippen LogP contribution in [-0.2, 0) is 0 Å². The Balaban J connectivity index is 1.90. The van der Waals surface area contributed by atoms with Crippen LogP contribution in [0, 0.1) is 23.7 Å². The highest BCUT2D eigenvalue weighted by Gasteiger charge is 2.48. The van der Waals surface area contributed by atoms with Crippen LogP contribution in [-0.4, -0.2) is 22.4 Å². The predicted octanol–water partition coefficient (Wildman–Crippen LogP) is 1.89. The first-order valence-electron chi connectivity index (χ1n) is 6.45. The van der Waals surface area contributed by atoms with Crippen LogP contribution in [0.5, 0.6) is 0 Å². The molecule has 3 rings (SSSR count). The molecule has 2 N–H and O–H groups in total. The summed E-state index contributed by atoms with van der Waals surface area (Å²) in [6.45, 7) is 0. The Morgan fingerprint density at radius 3 is 1.06 bits per heavy atom. The highest BCUT2D eigenvalue weighted by atomic mass is 16.3. The summed E-state index contributed by atoms with van der Waals surface area (Å²) in [5, 5.41) is 20.9. The Hall–Kier alpha value is -0.600. The molecule has 0 aliphatic heterocycles. The average molecular weight is 220 g/mol. The highest BCUT2D eigenvalue weighted by molar-refractivity contribution is 5.09. The summed E-state index contributed by atoms with van der Waals surface area (Å²) in [5.74, 6) is 1.14. The number of allylic oxidation sites excluding steroid dienone is 4. The van der Waals surface area contributed by atoms with E-state index in [1.165, 1.54) is 0 Å². The van der Waals surface area contributed by atoms with Gasteiger partial charge < -0.3 is 10.2 Å². The molecule has 0 aromatic heterocycles. The molecular weight excluding hydrogens is 200 g/mol. The molecule has 4 atom stereocenters. The van der Waals surface area contributed by atoms with Gasteiger partial charge in [-0.2, -0.15) is 0 Å². The third-order valence-corrected chi connectivity index (χ3v) is 4.82. The fourth-order valence-corrected chi connectivity index (χ4v) is 3.92. The molecule has 0 aromatic carbocycles. The van der Waals surface area contributed by atoms with Crippen molar-refractivity contribution in [1.29, 1.82) is 0 Å².